The standard InChI is InChI=1S/C10H21F3N2O3S/c1-2-19(16,17)7-3-4-9(15-14)5-6-18-8-10(11,12)13/h9,15H,2-8,14H2,1H3. The Morgan fingerprint density at radius 3 is 2.42 bits per heavy atom. The minimum Gasteiger partial charge on any atom is -0.372 e. The number of ether oxygens (including phenoxy) is 1. The first-order valence-corrected chi connectivity index (χ1v) is 7.83. The molecule has 0 radical (unpaired) electrons. The van der Waals surface area contributed by atoms with Crippen LogP contribution in [0.3, 0.4) is 0 Å². The van der Waals surface area contributed by atoms with Crippen molar-refractivity contribution in [3.63, 3.8) is 0 Å². The molecular formula is C10H21F3N2O3S. The maximum atomic E-state index is 11.8. The number of hydrazine groups is 1. The monoisotopic (exact) mass is 306 g/mol. The van der Waals surface area contributed by atoms with Crippen molar-refractivity contribution < 1.29 is 26.3 Å². The van der Waals surface area contributed by atoms with Gasteiger partial charge in [0.15, 0.2) is 0 Å². The second-order valence-corrected chi connectivity index (χ2v) is 6.67. The summed E-state index contributed by atoms with van der Waals surface area (Å²) in [4.78, 5) is 0. The molecule has 0 rings (SSSR count). The fraction of sp³-hybridized carbons (Fsp3) is 1.00. The number of alkyl halides is 3. The van der Waals surface area contributed by atoms with Crippen LogP contribution in [0, 0.1) is 0 Å². The van der Waals surface area contributed by atoms with Gasteiger partial charge >= 0.3 is 6.18 Å². The molecule has 5 nitrogen and oxygen atoms in total. The molecule has 0 aromatic rings. The second-order valence-electron chi connectivity index (χ2n) is 4.20. The van der Waals surface area contributed by atoms with Crippen molar-refractivity contribution in [1.29, 1.82) is 0 Å². The van der Waals surface area contributed by atoms with Crippen LogP contribution in [-0.2, 0) is 14.6 Å². The topological polar surface area (TPSA) is 81.4 Å². The smallest absolute Gasteiger partial charge is 0.372 e. The van der Waals surface area contributed by atoms with Gasteiger partial charge < -0.3 is 4.74 Å². The lowest BCUT2D eigenvalue weighted by molar-refractivity contribution is -0.174. The third-order valence-electron chi connectivity index (χ3n) is 2.56. The summed E-state index contributed by atoms with van der Waals surface area (Å²) < 4.78 is 62.3. The van der Waals surface area contributed by atoms with Crippen LogP contribution in [0.4, 0.5) is 13.2 Å². The Kier molecular flexibility index (Phi) is 8.55. The summed E-state index contributed by atoms with van der Waals surface area (Å²) >= 11 is 0. The summed E-state index contributed by atoms with van der Waals surface area (Å²) in [5.74, 6) is 5.39. The normalized spacial score (nSPS) is 14.6. The van der Waals surface area contributed by atoms with E-state index < -0.39 is 22.6 Å². The third kappa shape index (κ3) is 11.2. The summed E-state index contributed by atoms with van der Waals surface area (Å²) in [5, 5.41) is 0. The van der Waals surface area contributed by atoms with Crippen molar-refractivity contribution in [3.05, 3.63) is 0 Å². The zero-order chi connectivity index (χ0) is 14.9. The Labute approximate surface area is 111 Å². The number of hydrogen-bond acceptors (Lipinski definition) is 5. The summed E-state index contributed by atoms with van der Waals surface area (Å²) in [7, 11) is -3.02. The Balaban J connectivity index is 3.78. The van der Waals surface area contributed by atoms with Crippen LogP contribution in [0.15, 0.2) is 0 Å². The second kappa shape index (κ2) is 8.72. The molecule has 116 valence electrons. The Morgan fingerprint density at radius 2 is 1.95 bits per heavy atom. The molecule has 9 heteroatoms. The highest BCUT2D eigenvalue weighted by atomic mass is 32.2. The average molecular weight is 306 g/mol. The van der Waals surface area contributed by atoms with Gasteiger partial charge in [-0.25, -0.2) is 8.42 Å². The number of nitrogens with two attached hydrogens (primary N) is 1. The molecule has 0 amide bonds. The van der Waals surface area contributed by atoms with Gasteiger partial charge in [0, 0.05) is 18.4 Å². The van der Waals surface area contributed by atoms with Crippen LogP contribution in [0.2, 0.25) is 0 Å². The fourth-order valence-electron chi connectivity index (χ4n) is 1.42. The summed E-state index contributed by atoms with van der Waals surface area (Å²) in [6.45, 7) is 0.211. The van der Waals surface area contributed by atoms with Crippen LogP contribution in [0.5, 0.6) is 0 Å². The van der Waals surface area contributed by atoms with Crippen LogP contribution < -0.4 is 11.3 Å². The van der Waals surface area contributed by atoms with Crippen LogP contribution in [0.25, 0.3) is 0 Å². The van der Waals surface area contributed by atoms with Crippen LogP contribution in [-0.4, -0.2) is 45.4 Å². The van der Waals surface area contributed by atoms with E-state index in [1.807, 2.05) is 0 Å². The number of nitrogens with one attached hydrogen (secondary N) is 1. The Hall–Kier alpha value is -0.380. The molecule has 0 bridgehead atoms. The van der Waals surface area contributed by atoms with Crippen molar-refractivity contribution in [1.82, 2.24) is 5.43 Å². The molecule has 0 aliphatic rings. The first-order chi connectivity index (χ1) is 8.70. The highest BCUT2D eigenvalue weighted by Gasteiger charge is 2.27. The van der Waals surface area contributed by atoms with E-state index in [1.165, 1.54) is 0 Å². The van der Waals surface area contributed by atoms with Gasteiger partial charge in [-0.2, -0.15) is 13.2 Å². The molecular weight excluding hydrogens is 285 g/mol. The molecule has 0 fully saturated rings. The van der Waals surface area contributed by atoms with Crippen molar-refractivity contribution in [2.24, 2.45) is 5.84 Å². The van der Waals surface area contributed by atoms with Crippen molar-refractivity contribution in [2.75, 3.05) is 24.7 Å². The molecule has 0 aliphatic heterocycles. The zero-order valence-electron chi connectivity index (χ0n) is 10.9. The van der Waals surface area contributed by atoms with Crippen molar-refractivity contribution >= 4 is 9.84 Å². The third-order valence-corrected chi connectivity index (χ3v) is 4.35. The van der Waals surface area contributed by atoms with E-state index in [0.717, 1.165) is 0 Å². The van der Waals surface area contributed by atoms with E-state index in [9.17, 15) is 21.6 Å². The summed E-state index contributed by atoms with van der Waals surface area (Å²) in [6.07, 6.45) is -3.13. The maximum Gasteiger partial charge on any atom is 0.411 e. The van der Waals surface area contributed by atoms with Gasteiger partial charge in [0.2, 0.25) is 0 Å². The molecule has 19 heavy (non-hydrogen) atoms. The SMILES string of the molecule is CCS(=O)(=O)CCCC(CCOCC(F)(F)F)NN. The highest BCUT2D eigenvalue weighted by molar-refractivity contribution is 7.91. The number of halogens is 3. The Morgan fingerprint density at radius 1 is 1.32 bits per heavy atom. The molecule has 0 saturated heterocycles. The molecule has 1 unspecified atom stereocenters. The lowest BCUT2D eigenvalue weighted by Crippen LogP contribution is -2.36. The predicted molar refractivity (Wildman–Crippen MR) is 66.2 cm³/mol. The predicted octanol–water partition coefficient (Wildman–Crippen LogP) is 1.00. The number of rotatable bonds is 10. The van der Waals surface area contributed by atoms with Gasteiger partial charge in [-0.1, -0.05) is 6.92 Å². The minimum absolute atomic E-state index is 0.0606. The zero-order valence-corrected chi connectivity index (χ0v) is 11.7. The lowest BCUT2D eigenvalue weighted by Gasteiger charge is -2.16. The van der Waals surface area contributed by atoms with Gasteiger partial charge in [0.1, 0.15) is 16.4 Å². The van der Waals surface area contributed by atoms with Gasteiger partial charge in [-0.15, -0.1) is 0 Å². The summed E-state index contributed by atoms with van der Waals surface area (Å²) in [5.41, 5.74) is 2.45. The number of hydrogen-bond donors (Lipinski definition) is 2. The largest absolute Gasteiger partial charge is 0.411 e. The minimum atomic E-state index is -4.33. The first-order valence-electron chi connectivity index (χ1n) is 6.01. The molecule has 1 atom stereocenters. The summed E-state index contributed by atoms with van der Waals surface area (Å²) in [6, 6.07) is -0.250. The van der Waals surface area contributed by atoms with Crippen LogP contribution in [0.1, 0.15) is 26.2 Å². The first kappa shape index (κ1) is 18.6. The molecule has 0 saturated carbocycles. The molecule has 3 N–H and O–H groups in total. The van der Waals surface area contributed by atoms with E-state index in [0.29, 0.717) is 19.3 Å². The fourth-order valence-corrected chi connectivity index (χ4v) is 2.31. The average Bonchev–Trinajstić information content (AvgIpc) is 2.31. The van der Waals surface area contributed by atoms with E-state index in [-0.39, 0.29) is 24.2 Å². The van der Waals surface area contributed by atoms with E-state index in [1.54, 1.807) is 6.92 Å². The lowest BCUT2D eigenvalue weighted by atomic mass is 10.1. The maximum absolute atomic E-state index is 11.8. The van der Waals surface area contributed by atoms with Crippen LogP contribution >= 0.6 is 0 Å². The van der Waals surface area contributed by atoms with Gasteiger partial charge in [0.25, 0.3) is 0 Å². The van der Waals surface area contributed by atoms with E-state index in [2.05, 4.69) is 10.2 Å². The molecule has 0 spiro atoms. The van der Waals surface area contributed by atoms with E-state index in [4.69, 9.17) is 5.84 Å². The Bertz CT molecular complexity index is 333. The van der Waals surface area contributed by atoms with Gasteiger partial charge in [-0.3, -0.25) is 11.3 Å². The van der Waals surface area contributed by atoms with E-state index >= 15 is 0 Å². The molecule has 0 heterocycles. The quantitative estimate of drug-likeness (QED) is 0.357. The molecule has 0 aromatic carbocycles. The van der Waals surface area contributed by atoms with Crippen molar-refractivity contribution in [2.45, 2.75) is 38.4 Å². The molecule has 0 aromatic heterocycles. The van der Waals surface area contributed by atoms with Crippen molar-refractivity contribution in [3.8, 4) is 0 Å². The van der Waals surface area contributed by atoms with Gasteiger partial charge in [0.05, 0.1) is 5.75 Å². The number of sulfone groups is 1. The molecule has 0 aliphatic carbocycles. The van der Waals surface area contributed by atoms with Gasteiger partial charge in [-0.05, 0) is 19.3 Å². The highest BCUT2D eigenvalue weighted by Crippen LogP contribution is 2.14.